The quantitative estimate of drug-likeness (QED) is 0.387. The van der Waals surface area contributed by atoms with Gasteiger partial charge >= 0.3 is 0 Å². The number of nitrogens with two attached hydrogens (primary N) is 1. The number of carbonyl (C=O) groups excluding carboxylic acids is 2. The van der Waals surface area contributed by atoms with E-state index in [1.165, 1.54) is 19.2 Å². The lowest BCUT2D eigenvalue weighted by Gasteiger charge is -2.40. The van der Waals surface area contributed by atoms with Crippen LogP contribution in [0.2, 0.25) is 0 Å². The van der Waals surface area contributed by atoms with Gasteiger partial charge in [0.25, 0.3) is 5.91 Å². The number of rotatable bonds is 7. The van der Waals surface area contributed by atoms with E-state index in [1.54, 1.807) is 0 Å². The van der Waals surface area contributed by atoms with Crippen molar-refractivity contribution in [2.75, 3.05) is 31.6 Å². The number of carbonyl (C=O) groups is 2. The fourth-order valence-electron chi connectivity index (χ4n) is 7.04. The summed E-state index contributed by atoms with van der Waals surface area (Å²) >= 11 is 0. The van der Waals surface area contributed by atoms with Crippen LogP contribution < -0.4 is 20.7 Å². The number of fused-ring (bicyclic) bond motifs is 2. The molecule has 6 heterocycles. The minimum atomic E-state index is -0.572. The minimum absolute atomic E-state index is 0.0933. The van der Waals surface area contributed by atoms with Gasteiger partial charge in [0.05, 0.1) is 37.1 Å². The number of pyridine rings is 1. The number of halogens is 1. The van der Waals surface area contributed by atoms with Gasteiger partial charge in [0.1, 0.15) is 11.5 Å². The number of aromatic amines is 1. The maximum Gasteiger partial charge on any atom is 0.272 e. The monoisotopic (exact) mass is 561 g/mol. The van der Waals surface area contributed by atoms with Crippen LogP contribution in [0.3, 0.4) is 0 Å². The Morgan fingerprint density at radius 2 is 2.02 bits per heavy atom. The highest BCUT2D eigenvalue weighted by molar-refractivity contribution is 5.94. The van der Waals surface area contributed by atoms with Crippen molar-refractivity contribution < 1.29 is 18.7 Å². The topological polar surface area (TPSA) is 155 Å². The van der Waals surface area contributed by atoms with E-state index in [9.17, 15) is 14.0 Å². The first-order valence-corrected chi connectivity index (χ1v) is 14.0. The molecule has 3 unspecified atom stereocenters. The van der Waals surface area contributed by atoms with Gasteiger partial charge in [-0.05, 0) is 37.7 Å². The van der Waals surface area contributed by atoms with Gasteiger partial charge in [-0.15, -0.1) is 0 Å². The molecule has 3 aromatic heterocycles. The molecule has 1 saturated carbocycles. The maximum absolute atomic E-state index is 14.5. The molecule has 2 amide bonds. The summed E-state index contributed by atoms with van der Waals surface area (Å²) in [4.78, 5) is 43.4. The molecule has 214 valence electrons. The minimum Gasteiger partial charge on any atom is -0.481 e. The molecule has 41 heavy (non-hydrogen) atoms. The SMILES string of the molecule is COc1cc(-c2cc(C(=O)N3CCC(C(N)=O)CC34CC4Cc3ncc(N4C[C@H]5C[C@@H]4CN5)cn3)[nH]n2)c(F)cn1. The van der Waals surface area contributed by atoms with Crippen LogP contribution in [0.15, 0.2) is 30.7 Å². The van der Waals surface area contributed by atoms with E-state index in [0.717, 1.165) is 43.6 Å². The first-order chi connectivity index (χ1) is 19.8. The highest BCUT2D eigenvalue weighted by Crippen LogP contribution is 2.56. The Hall–Kier alpha value is -4.13. The third-order valence-corrected chi connectivity index (χ3v) is 9.32. The summed E-state index contributed by atoms with van der Waals surface area (Å²) in [5.41, 5.74) is 6.92. The lowest BCUT2D eigenvalue weighted by Crippen LogP contribution is -2.51. The van der Waals surface area contributed by atoms with Crippen molar-refractivity contribution in [1.82, 2.24) is 35.4 Å². The van der Waals surface area contributed by atoms with Crippen LogP contribution in [0.25, 0.3) is 11.3 Å². The lowest BCUT2D eigenvalue weighted by atomic mass is 9.86. The summed E-state index contributed by atoms with van der Waals surface area (Å²) in [6.45, 7) is 2.35. The molecule has 12 nitrogen and oxygen atoms in total. The summed E-state index contributed by atoms with van der Waals surface area (Å²) in [5, 5.41) is 10.5. The number of anilines is 1. The van der Waals surface area contributed by atoms with Crippen LogP contribution in [0, 0.1) is 17.7 Å². The van der Waals surface area contributed by atoms with Crippen molar-refractivity contribution in [3.05, 3.63) is 48.1 Å². The molecule has 5 atom stereocenters. The highest BCUT2D eigenvalue weighted by atomic mass is 19.1. The summed E-state index contributed by atoms with van der Waals surface area (Å²) in [7, 11) is 1.44. The molecular formula is C28H32FN9O3. The fraction of sp³-hybridized carbons (Fsp3) is 0.500. The molecule has 13 heteroatoms. The molecule has 3 aliphatic heterocycles. The molecule has 3 saturated heterocycles. The molecule has 4 N–H and O–H groups in total. The molecule has 7 rings (SSSR count). The van der Waals surface area contributed by atoms with Crippen LogP contribution in [0.4, 0.5) is 10.1 Å². The van der Waals surface area contributed by atoms with Crippen LogP contribution in [0.5, 0.6) is 5.88 Å². The second-order valence-electron chi connectivity index (χ2n) is 11.6. The number of primary amides is 1. The molecule has 4 fully saturated rings. The fourth-order valence-corrected chi connectivity index (χ4v) is 7.04. The van der Waals surface area contributed by atoms with Crippen LogP contribution >= 0.6 is 0 Å². The number of methoxy groups -OCH3 is 1. The van der Waals surface area contributed by atoms with E-state index in [-0.39, 0.29) is 46.5 Å². The van der Waals surface area contributed by atoms with Gasteiger partial charge in [-0.3, -0.25) is 14.7 Å². The third kappa shape index (κ3) is 4.48. The average molecular weight is 562 g/mol. The molecule has 0 radical (unpaired) electrons. The Labute approximate surface area is 235 Å². The second kappa shape index (κ2) is 9.75. The Morgan fingerprint density at radius 3 is 2.73 bits per heavy atom. The van der Waals surface area contributed by atoms with Crippen molar-refractivity contribution in [2.24, 2.45) is 17.6 Å². The smallest absolute Gasteiger partial charge is 0.272 e. The van der Waals surface area contributed by atoms with Crippen LogP contribution in [-0.2, 0) is 11.2 Å². The van der Waals surface area contributed by atoms with E-state index in [4.69, 9.17) is 10.5 Å². The molecule has 0 aromatic carbocycles. The number of hydrogen-bond donors (Lipinski definition) is 3. The molecule has 1 aliphatic carbocycles. The van der Waals surface area contributed by atoms with Crippen molar-refractivity contribution in [1.29, 1.82) is 0 Å². The number of H-pyrrole nitrogens is 1. The van der Waals surface area contributed by atoms with Gasteiger partial charge in [0, 0.05) is 61.2 Å². The van der Waals surface area contributed by atoms with E-state index in [0.29, 0.717) is 37.9 Å². The van der Waals surface area contributed by atoms with E-state index in [1.807, 2.05) is 17.3 Å². The van der Waals surface area contributed by atoms with Crippen molar-refractivity contribution in [3.63, 3.8) is 0 Å². The van der Waals surface area contributed by atoms with Gasteiger partial charge in [-0.1, -0.05) is 0 Å². The zero-order valence-corrected chi connectivity index (χ0v) is 22.7. The number of aromatic nitrogens is 5. The summed E-state index contributed by atoms with van der Waals surface area (Å²) < 4.78 is 19.6. The van der Waals surface area contributed by atoms with Gasteiger partial charge < -0.3 is 25.6 Å². The lowest BCUT2D eigenvalue weighted by molar-refractivity contribution is -0.124. The first-order valence-electron chi connectivity index (χ1n) is 14.0. The number of ether oxygens (including phenoxy) is 1. The van der Waals surface area contributed by atoms with E-state index in [2.05, 4.69) is 35.4 Å². The number of likely N-dealkylation sites (tertiary alicyclic amines) is 1. The molecular weight excluding hydrogens is 529 g/mol. The predicted octanol–water partition coefficient (Wildman–Crippen LogP) is 1.30. The number of amides is 2. The van der Waals surface area contributed by atoms with E-state index < -0.39 is 11.4 Å². The maximum atomic E-state index is 14.5. The zero-order chi connectivity index (χ0) is 28.3. The number of hydrogen-bond acceptors (Lipinski definition) is 9. The van der Waals surface area contributed by atoms with Crippen molar-refractivity contribution in [3.8, 4) is 17.1 Å². The van der Waals surface area contributed by atoms with Gasteiger partial charge in [0.15, 0.2) is 5.82 Å². The Kier molecular flexibility index (Phi) is 6.14. The second-order valence-corrected chi connectivity index (χ2v) is 11.6. The van der Waals surface area contributed by atoms with Gasteiger partial charge in [0.2, 0.25) is 11.8 Å². The first kappa shape index (κ1) is 25.8. The third-order valence-electron chi connectivity index (χ3n) is 9.32. The summed E-state index contributed by atoms with van der Waals surface area (Å²) in [5.74, 6) is -0.411. The highest BCUT2D eigenvalue weighted by Gasteiger charge is 2.62. The van der Waals surface area contributed by atoms with Gasteiger partial charge in [-0.2, -0.15) is 5.10 Å². The van der Waals surface area contributed by atoms with Gasteiger partial charge in [-0.25, -0.2) is 19.3 Å². The molecule has 2 bridgehead atoms. The zero-order valence-electron chi connectivity index (χ0n) is 22.7. The Bertz CT molecular complexity index is 1500. The number of nitrogens with one attached hydrogen (secondary N) is 2. The molecule has 3 aromatic rings. The Morgan fingerprint density at radius 1 is 1.20 bits per heavy atom. The number of piperazine rings is 1. The largest absolute Gasteiger partial charge is 0.481 e. The summed E-state index contributed by atoms with van der Waals surface area (Å²) in [6.07, 6.45) is 8.32. The van der Waals surface area contributed by atoms with Crippen molar-refractivity contribution >= 4 is 17.5 Å². The number of piperidine rings is 1. The Balaban J connectivity index is 1.10. The normalized spacial score (nSPS) is 28.3. The van der Waals surface area contributed by atoms with Crippen LogP contribution in [-0.4, -0.2) is 86.2 Å². The van der Waals surface area contributed by atoms with Crippen molar-refractivity contribution in [2.45, 2.75) is 49.7 Å². The predicted molar refractivity (Wildman–Crippen MR) is 145 cm³/mol. The number of nitrogens with zero attached hydrogens (tertiary/aromatic N) is 6. The van der Waals surface area contributed by atoms with E-state index >= 15 is 0 Å². The standard InChI is InChI=1S/C28H32FN9O3/c1-41-25-6-20(21(29)13-34-25)22-7-23(36-35-22)27(40)38-3-2-15(26(30)39)8-28(38)9-16(28)4-24-32-11-19(12-33-24)37-14-17-5-18(37)10-31-17/h6-7,11-13,15-18,31H,2-5,8-10,14H2,1H3,(H2,30,39)(H,35,36)/t15?,16?,17-,18-,28?/m1/s1. The molecule has 4 aliphatic rings. The summed E-state index contributed by atoms with van der Waals surface area (Å²) in [6, 6.07) is 4.01. The molecule has 1 spiro atoms. The van der Waals surface area contributed by atoms with Crippen LogP contribution in [0.1, 0.15) is 42.0 Å². The average Bonchev–Trinajstić information content (AvgIpc) is 3.45.